The summed E-state index contributed by atoms with van der Waals surface area (Å²) in [5.41, 5.74) is -1.12. The fourth-order valence-corrected chi connectivity index (χ4v) is 10.6. The minimum Gasteiger partial charge on any atom is -0.465 e. The molecule has 0 spiro atoms. The molecule has 0 aromatic carbocycles. The average Bonchev–Trinajstić information content (AvgIpc) is 3.43. The van der Waals surface area contributed by atoms with Crippen LogP contribution in [0, 0.1) is 11.3 Å². The van der Waals surface area contributed by atoms with Gasteiger partial charge in [-0.05, 0) is 32.1 Å². The normalized spacial score (nSPS) is 15.3. The van der Waals surface area contributed by atoms with Gasteiger partial charge in [0, 0.05) is 0 Å². The molecule has 0 aromatic rings. The van der Waals surface area contributed by atoms with E-state index in [1.807, 2.05) is 0 Å². The number of carbonyl (C=O) groups is 2. The minimum absolute atomic E-state index is 0.00490. The van der Waals surface area contributed by atoms with Gasteiger partial charge in [-0.1, -0.05) is 321 Å². The number of cyclic esters (lactones) is 2. The third-order valence-corrected chi connectivity index (χ3v) is 15.8. The fraction of sp³-hybridized carbons (Fsp3) is 0.938. The van der Waals surface area contributed by atoms with Crippen molar-refractivity contribution < 1.29 is 29.3 Å². The number of carbonyl (C=O) groups excluding carboxylic acids is 2. The highest BCUT2D eigenvalue weighted by molar-refractivity contribution is 5.80. The molecule has 1 fully saturated rings. The van der Waals surface area contributed by atoms with E-state index in [1.54, 1.807) is 0 Å². The maximum atomic E-state index is 12.5. The van der Waals surface area contributed by atoms with E-state index < -0.39 is 36.5 Å². The first-order valence-electron chi connectivity index (χ1n) is 31.8. The molecule has 6 nitrogen and oxygen atoms in total. The summed E-state index contributed by atoms with van der Waals surface area (Å²) in [7, 11) is 0. The predicted molar refractivity (Wildman–Crippen MR) is 302 cm³/mol. The van der Waals surface area contributed by atoms with Crippen LogP contribution in [0.4, 0.5) is 0 Å². The van der Waals surface area contributed by atoms with E-state index in [2.05, 4.69) is 19.1 Å². The standard InChI is InChI=1S/C64H122O6/c1-2-3-4-5-6-7-8-9-10-11-12-13-14-15-16-17-18-19-20-21-22-23-24-25-26-27-28-29-30-31-32-33-34-35-36-37-38-39-40-41-42-43-44-45-46-47-48-49-50-51-52-53-54-55-61-56-62(67)69-59-64(57-65,58-66)60-70-63(61)68/h19-20,61,65-66H,2-18,21-60H2,1H3/b20-19+. The first-order valence-corrected chi connectivity index (χ1v) is 31.8. The number of hydrogen-bond donors (Lipinski definition) is 2. The van der Waals surface area contributed by atoms with Gasteiger partial charge in [0.05, 0.1) is 31.0 Å². The third-order valence-electron chi connectivity index (χ3n) is 15.8. The molecule has 0 aromatic heterocycles. The highest BCUT2D eigenvalue weighted by Gasteiger charge is 2.36. The molecule has 414 valence electrons. The number of aliphatic hydroxyl groups is 2. The van der Waals surface area contributed by atoms with Crippen LogP contribution in [0.15, 0.2) is 12.2 Å². The van der Waals surface area contributed by atoms with E-state index in [0.717, 1.165) is 19.3 Å². The summed E-state index contributed by atoms with van der Waals surface area (Å²) in [5, 5.41) is 19.2. The highest BCUT2D eigenvalue weighted by Crippen LogP contribution is 2.25. The monoisotopic (exact) mass is 987 g/mol. The lowest BCUT2D eigenvalue weighted by molar-refractivity contribution is -0.155. The number of unbranched alkanes of at least 4 members (excludes halogenated alkanes) is 49. The summed E-state index contributed by atoms with van der Waals surface area (Å²) >= 11 is 0. The van der Waals surface area contributed by atoms with Crippen LogP contribution < -0.4 is 0 Å². The zero-order valence-corrected chi connectivity index (χ0v) is 47.1. The molecule has 0 saturated carbocycles. The summed E-state index contributed by atoms with van der Waals surface area (Å²) < 4.78 is 10.6. The van der Waals surface area contributed by atoms with Gasteiger partial charge in [-0.2, -0.15) is 0 Å². The molecule has 1 saturated heterocycles. The Labute approximate surface area is 436 Å². The molecule has 1 aliphatic rings. The molecule has 1 atom stereocenters. The molecule has 2 N–H and O–H groups in total. The van der Waals surface area contributed by atoms with Crippen LogP contribution in [0.25, 0.3) is 0 Å². The van der Waals surface area contributed by atoms with Gasteiger partial charge in [0.15, 0.2) is 0 Å². The van der Waals surface area contributed by atoms with Gasteiger partial charge in [0.2, 0.25) is 0 Å². The minimum atomic E-state index is -1.12. The van der Waals surface area contributed by atoms with Gasteiger partial charge in [0.25, 0.3) is 0 Å². The van der Waals surface area contributed by atoms with Crippen LogP contribution in [0.3, 0.4) is 0 Å². The van der Waals surface area contributed by atoms with E-state index in [4.69, 9.17) is 9.47 Å². The molecule has 6 heteroatoms. The molecule has 1 rings (SSSR count). The largest absolute Gasteiger partial charge is 0.465 e. The van der Waals surface area contributed by atoms with Gasteiger partial charge in [-0.15, -0.1) is 0 Å². The van der Waals surface area contributed by atoms with Gasteiger partial charge >= 0.3 is 11.9 Å². The summed E-state index contributed by atoms with van der Waals surface area (Å²) in [5.74, 6) is -1.40. The zero-order valence-electron chi connectivity index (χ0n) is 47.1. The van der Waals surface area contributed by atoms with Gasteiger partial charge in [0.1, 0.15) is 13.2 Å². The predicted octanol–water partition coefficient (Wildman–Crippen LogP) is 19.9. The number of hydrogen-bond acceptors (Lipinski definition) is 6. The number of aliphatic hydroxyl groups excluding tert-OH is 2. The molecule has 0 aliphatic carbocycles. The van der Waals surface area contributed by atoms with Gasteiger partial charge in [-0.3, -0.25) is 9.59 Å². The fourth-order valence-electron chi connectivity index (χ4n) is 10.6. The zero-order chi connectivity index (χ0) is 50.4. The van der Waals surface area contributed by atoms with E-state index in [0.29, 0.717) is 6.42 Å². The maximum Gasteiger partial charge on any atom is 0.309 e. The Morgan fingerprint density at radius 2 is 0.614 bits per heavy atom. The molecule has 0 bridgehead atoms. The number of allylic oxidation sites excluding steroid dienone is 2. The molecular formula is C64H122O6. The molecular weight excluding hydrogens is 865 g/mol. The summed E-state index contributed by atoms with van der Waals surface area (Å²) in [6.45, 7) is 1.21. The lowest BCUT2D eigenvalue weighted by Crippen LogP contribution is -2.40. The van der Waals surface area contributed by atoms with Gasteiger partial charge in [-0.25, -0.2) is 0 Å². The molecule has 1 aliphatic heterocycles. The first-order chi connectivity index (χ1) is 34.6. The summed E-state index contributed by atoms with van der Waals surface area (Å²) in [6.07, 6.45) is 77.2. The van der Waals surface area contributed by atoms with Crippen molar-refractivity contribution in [2.45, 2.75) is 347 Å². The third kappa shape index (κ3) is 45.2. The molecule has 1 heterocycles. The van der Waals surface area contributed by atoms with Crippen molar-refractivity contribution in [1.82, 2.24) is 0 Å². The molecule has 0 amide bonds. The van der Waals surface area contributed by atoms with Crippen molar-refractivity contribution in [3.8, 4) is 0 Å². The van der Waals surface area contributed by atoms with Crippen molar-refractivity contribution in [3.05, 3.63) is 12.2 Å². The highest BCUT2D eigenvalue weighted by atomic mass is 16.6. The van der Waals surface area contributed by atoms with E-state index in [-0.39, 0.29) is 19.6 Å². The van der Waals surface area contributed by atoms with Crippen LogP contribution in [0.1, 0.15) is 347 Å². The smallest absolute Gasteiger partial charge is 0.309 e. The van der Waals surface area contributed by atoms with Crippen molar-refractivity contribution in [3.63, 3.8) is 0 Å². The summed E-state index contributed by atoms with van der Waals surface area (Å²) in [4.78, 5) is 24.7. The lowest BCUT2D eigenvalue weighted by Gasteiger charge is -2.27. The second-order valence-corrected chi connectivity index (χ2v) is 22.8. The van der Waals surface area contributed by atoms with Crippen molar-refractivity contribution >= 4 is 11.9 Å². The molecule has 0 radical (unpaired) electrons. The van der Waals surface area contributed by atoms with Crippen LogP contribution in [-0.2, 0) is 19.1 Å². The molecule has 70 heavy (non-hydrogen) atoms. The van der Waals surface area contributed by atoms with Crippen LogP contribution >= 0.6 is 0 Å². The quantitative estimate of drug-likeness (QED) is 0.0358. The summed E-state index contributed by atoms with van der Waals surface area (Å²) in [6, 6.07) is 0. The van der Waals surface area contributed by atoms with E-state index >= 15 is 0 Å². The average molecular weight is 988 g/mol. The SMILES string of the molecule is CCCCCCCCCCCCCCCCCC/C=C/CCCCCCCCCCCCCCCCCCCCCCCCCCCCCCCCCCCC1CC(=O)OCC(CO)(CO)COC1=O. The Hall–Kier alpha value is -1.40. The first kappa shape index (κ1) is 66.6. The Kier molecular flexibility index (Phi) is 51.3. The van der Waals surface area contributed by atoms with Crippen molar-refractivity contribution in [2.24, 2.45) is 11.3 Å². The second kappa shape index (κ2) is 53.9. The van der Waals surface area contributed by atoms with Crippen LogP contribution in [0.2, 0.25) is 0 Å². The van der Waals surface area contributed by atoms with Crippen molar-refractivity contribution in [2.75, 3.05) is 26.4 Å². The number of rotatable bonds is 55. The topological polar surface area (TPSA) is 93.1 Å². The Bertz CT molecular complexity index is 1100. The maximum absolute atomic E-state index is 12.5. The van der Waals surface area contributed by atoms with Crippen LogP contribution in [0.5, 0.6) is 0 Å². The Balaban J connectivity index is 1.68. The second-order valence-electron chi connectivity index (χ2n) is 22.8. The Morgan fingerprint density at radius 3 is 0.886 bits per heavy atom. The van der Waals surface area contributed by atoms with E-state index in [9.17, 15) is 19.8 Å². The lowest BCUT2D eigenvalue weighted by atomic mass is 9.92. The van der Waals surface area contributed by atoms with Gasteiger partial charge < -0.3 is 19.7 Å². The molecule has 1 unspecified atom stereocenters. The van der Waals surface area contributed by atoms with Crippen molar-refractivity contribution in [1.29, 1.82) is 0 Å². The number of esters is 2. The Morgan fingerprint density at radius 1 is 0.371 bits per heavy atom. The van der Waals surface area contributed by atoms with E-state index in [1.165, 1.54) is 308 Å². The number of ether oxygens (including phenoxy) is 2. The van der Waals surface area contributed by atoms with Crippen LogP contribution in [-0.4, -0.2) is 48.6 Å².